The first-order valence-electron chi connectivity index (χ1n) is 6.06. The Kier molecular flexibility index (Phi) is 5.39. The van der Waals surface area contributed by atoms with Crippen molar-refractivity contribution in [2.75, 3.05) is 6.54 Å². The van der Waals surface area contributed by atoms with E-state index >= 15 is 0 Å². The average molecular weight is 363 g/mol. The maximum Gasteiger partial charge on any atom is 0.128 e. The fourth-order valence-electron chi connectivity index (χ4n) is 1.87. The van der Waals surface area contributed by atoms with Crippen LogP contribution in [0.2, 0.25) is 5.02 Å². The van der Waals surface area contributed by atoms with Crippen molar-refractivity contribution in [3.05, 3.63) is 55.4 Å². The maximum atomic E-state index is 14.0. The SMILES string of the molecule is CCCNC(c1cc(Cl)c(Br)s1)c1ccccc1F. The molecule has 19 heavy (non-hydrogen) atoms. The minimum atomic E-state index is -0.197. The Morgan fingerprint density at radius 1 is 1.42 bits per heavy atom. The Morgan fingerprint density at radius 3 is 2.74 bits per heavy atom. The molecule has 1 nitrogen and oxygen atoms in total. The Hall–Kier alpha value is -0.420. The molecule has 0 bridgehead atoms. The van der Waals surface area contributed by atoms with Gasteiger partial charge in [-0.15, -0.1) is 11.3 Å². The van der Waals surface area contributed by atoms with E-state index in [-0.39, 0.29) is 11.9 Å². The van der Waals surface area contributed by atoms with Crippen LogP contribution in [0.4, 0.5) is 4.39 Å². The quantitative estimate of drug-likeness (QED) is 0.751. The molecule has 1 atom stereocenters. The second-order valence-corrected chi connectivity index (χ2v) is 6.99. The van der Waals surface area contributed by atoms with Crippen LogP contribution in [0.15, 0.2) is 34.1 Å². The standard InChI is InChI=1S/C14H14BrClFNS/c1-2-7-18-13(9-5-3-4-6-11(9)17)12-8-10(16)14(15)19-12/h3-6,8,13,18H,2,7H2,1H3. The van der Waals surface area contributed by atoms with Crippen molar-refractivity contribution in [2.24, 2.45) is 0 Å². The summed E-state index contributed by atoms with van der Waals surface area (Å²) in [6, 6.07) is 8.58. The van der Waals surface area contributed by atoms with Gasteiger partial charge < -0.3 is 5.32 Å². The molecule has 1 aromatic heterocycles. The van der Waals surface area contributed by atoms with E-state index in [1.807, 2.05) is 18.2 Å². The summed E-state index contributed by atoms with van der Waals surface area (Å²) in [6.07, 6.45) is 0.991. The molecule has 0 saturated carbocycles. The highest BCUT2D eigenvalue weighted by Gasteiger charge is 2.20. The van der Waals surface area contributed by atoms with Crippen molar-refractivity contribution < 1.29 is 4.39 Å². The number of hydrogen-bond donors (Lipinski definition) is 1. The number of nitrogens with one attached hydrogen (secondary N) is 1. The van der Waals surface area contributed by atoms with E-state index in [1.165, 1.54) is 17.4 Å². The lowest BCUT2D eigenvalue weighted by Gasteiger charge is -2.18. The first-order chi connectivity index (χ1) is 9.13. The van der Waals surface area contributed by atoms with Gasteiger partial charge in [-0.05, 0) is 41.0 Å². The Morgan fingerprint density at radius 2 is 2.16 bits per heavy atom. The van der Waals surface area contributed by atoms with E-state index in [1.54, 1.807) is 6.07 Å². The molecule has 0 aliphatic carbocycles. The number of benzene rings is 1. The van der Waals surface area contributed by atoms with Crippen LogP contribution in [0, 0.1) is 5.82 Å². The Labute approximate surface area is 129 Å². The van der Waals surface area contributed by atoms with Crippen molar-refractivity contribution in [2.45, 2.75) is 19.4 Å². The third-order valence-electron chi connectivity index (χ3n) is 2.76. The number of thiophene rings is 1. The van der Waals surface area contributed by atoms with Crippen LogP contribution in [0.5, 0.6) is 0 Å². The predicted molar refractivity (Wildman–Crippen MR) is 83.6 cm³/mol. The summed E-state index contributed by atoms with van der Waals surface area (Å²) in [6.45, 7) is 2.91. The van der Waals surface area contributed by atoms with Crippen molar-refractivity contribution in [3.63, 3.8) is 0 Å². The highest BCUT2D eigenvalue weighted by Crippen LogP contribution is 2.37. The lowest BCUT2D eigenvalue weighted by molar-refractivity contribution is 0.551. The first kappa shape index (κ1) is 15.0. The normalized spacial score (nSPS) is 12.6. The van der Waals surface area contributed by atoms with E-state index in [9.17, 15) is 4.39 Å². The molecule has 2 rings (SSSR count). The van der Waals surface area contributed by atoms with Gasteiger partial charge in [0.1, 0.15) is 5.82 Å². The molecule has 0 spiro atoms. The number of rotatable bonds is 5. The number of hydrogen-bond acceptors (Lipinski definition) is 2. The summed E-state index contributed by atoms with van der Waals surface area (Å²) in [4.78, 5) is 1.01. The number of halogens is 3. The molecule has 0 fully saturated rings. The smallest absolute Gasteiger partial charge is 0.128 e. The third kappa shape index (κ3) is 3.57. The second kappa shape index (κ2) is 6.84. The van der Waals surface area contributed by atoms with Crippen LogP contribution in [0.1, 0.15) is 29.8 Å². The van der Waals surface area contributed by atoms with E-state index in [2.05, 4.69) is 28.2 Å². The molecule has 0 saturated heterocycles. The van der Waals surface area contributed by atoms with Crippen LogP contribution < -0.4 is 5.32 Å². The summed E-state index contributed by atoms with van der Waals surface area (Å²) < 4.78 is 14.9. The Bertz CT molecular complexity index is 539. The van der Waals surface area contributed by atoms with E-state index in [0.717, 1.165) is 21.6 Å². The van der Waals surface area contributed by atoms with Crippen molar-refractivity contribution >= 4 is 38.9 Å². The minimum Gasteiger partial charge on any atom is -0.306 e. The van der Waals surface area contributed by atoms with Crippen LogP contribution in [-0.2, 0) is 0 Å². The second-order valence-electron chi connectivity index (χ2n) is 4.18. The van der Waals surface area contributed by atoms with Crippen molar-refractivity contribution in [1.29, 1.82) is 0 Å². The monoisotopic (exact) mass is 361 g/mol. The summed E-state index contributed by atoms with van der Waals surface area (Å²) in [5.41, 5.74) is 0.654. The average Bonchev–Trinajstić information content (AvgIpc) is 2.72. The van der Waals surface area contributed by atoms with Crippen LogP contribution in [-0.4, -0.2) is 6.54 Å². The zero-order chi connectivity index (χ0) is 13.8. The van der Waals surface area contributed by atoms with Gasteiger partial charge in [-0.3, -0.25) is 0 Å². The Balaban J connectivity index is 2.38. The molecule has 102 valence electrons. The minimum absolute atomic E-state index is 0.157. The van der Waals surface area contributed by atoms with Crippen molar-refractivity contribution in [3.8, 4) is 0 Å². The molecule has 1 heterocycles. The molecule has 1 aromatic carbocycles. The summed E-state index contributed by atoms with van der Waals surface area (Å²) in [5.74, 6) is -0.197. The molecular formula is C14H14BrClFNS. The third-order valence-corrected chi connectivity index (χ3v) is 5.30. The molecule has 0 radical (unpaired) electrons. The molecule has 0 amide bonds. The molecule has 1 unspecified atom stereocenters. The molecule has 0 aliphatic rings. The van der Waals surface area contributed by atoms with Gasteiger partial charge in [0, 0.05) is 10.4 Å². The zero-order valence-electron chi connectivity index (χ0n) is 10.4. The molecule has 5 heteroatoms. The van der Waals surface area contributed by atoms with Gasteiger partial charge in [-0.2, -0.15) is 0 Å². The van der Waals surface area contributed by atoms with Gasteiger partial charge in [-0.25, -0.2) is 4.39 Å². The van der Waals surface area contributed by atoms with Crippen LogP contribution >= 0.6 is 38.9 Å². The largest absolute Gasteiger partial charge is 0.306 e. The lowest BCUT2D eigenvalue weighted by Crippen LogP contribution is -2.23. The van der Waals surface area contributed by atoms with Gasteiger partial charge in [0.15, 0.2) is 0 Å². The van der Waals surface area contributed by atoms with Gasteiger partial charge in [0.25, 0.3) is 0 Å². The highest BCUT2D eigenvalue weighted by atomic mass is 79.9. The zero-order valence-corrected chi connectivity index (χ0v) is 13.6. The van der Waals surface area contributed by atoms with E-state index in [0.29, 0.717) is 10.6 Å². The summed E-state index contributed by atoms with van der Waals surface area (Å²) >= 11 is 11.0. The predicted octanol–water partition coefficient (Wildman–Crippen LogP) is 5.39. The van der Waals surface area contributed by atoms with Gasteiger partial charge in [0.05, 0.1) is 14.9 Å². The van der Waals surface area contributed by atoms with Gasteiger partial charge >= 0.3 is 0 Å². The molecule has 0 aliphatic heterocycles. The molecular weight excluding hydrogens is 349 g/mol. The van der Waals surface area contributed by atoms with Crippen LogP contribution in [0.25, 0.3) is 0 Å². The highest BCUT2D eigenvalue weighted by molar-refractivity contribution is 9.11. The van der Waals surface area contributed by atoms with Gasteiger partial charge in [0.2, 0.25) is 0 Å². The fourth-order valence-corrected chi connectivity index (χ4v) is 3.71. The first-order valence-corrected chi connectivity index (χ1v) is 8.04. The fraction of sp³-hybridized carbons (Fsp3) is 0.286. The topological polar surface area (TPSA) is 12.0 Å². The maximum absolute atomic E-state index is 14.0. The van der Waals surface area contributed by atoms with E-state index in [4.69, 9.17) is 11.6 Å². The summed E-state index contributed by atoms with van der Waals surface area (Å²) in [5, 5.41) is 4.04. The molecule has 2 aromatic rings. The van der Waals surface area contributed by atoms with E-state index < -0.39 is 0 Å². The van der Waals surface area contributed by atoms with Crippen molar-refractivity contribution in [1.82, 2.24) is 5.32 Å². The molecule has 1 N–H and O–H groups in total. The summed E-state index contributed by atoms with van der Waals surface area (Å²) in [7, 11) is 0. The van der Waals surface area contributed by atoms with Crippen LogP contribution in [0.3, 0.4) is 0 Å². The lowest BCUT2D eigenvalue weighted by atomic mass is 10.0. The van der Waals surface area contributed by atoms with Gasteiger partial charge in [-0.1, -0.05) is 36.7 Å².